The Bertz CT molecular complexity index is 633. The maximum absolute atomic E-state index is 12.1. The average Bonchev–Trinajstić information content (AvgIpc) is 3.11. The van der Waals surface area contributed by atoms with Crippen LogP contribution in [-0.2, 0) is 13.0 Å². The number of hydrogen-bond acceptors (Lipinski definition) is 4. The fourth-order valence-corrected chi connectivity index (χ4v) is 2.46. The van der Waals surface area contributed by atoms with Crippen LogP contribution in [0, 0.1) is 5.92 Å². The van der Waals surface area contributed by atoms with Gasteiger partial charge in [-0.05, 0) is 34.7 Å². The first-order chi connectivity index (χ1) is 9.74. The quantitative estimate of drug-likeness (QED) is 0.842. The monoisotopic (exact) mass is 337 g/mol. The molecule has 0 saturated heterocycles. The van der Waals surface area contributed by atoms with Gasteiger partial charge >= 0.3 is 0 Å². The van der Waals surface area contributed by atoms with E-state index in [1.807, 2.05) is 0 Å². The third-order valence-electron chi connectivity index (χ3n) is 3.35. The van der Waals surface area contributed by atoms with Crippen molar-refractivity contribution in [1.82, 2.24) is 19.7 Å². The molecule has 106 valence electrons. The molecule has 1 aliphatic carbocycles. The molecular weight excluding hydrogens is 322 g/mol. The smallest absolute Gasteiger partial charge is 0.283 e. The summed E-state index contributed by atoms with van der Waals surface area (Å²) < 4.78 is 2.09. The molecule has 2 heterocycles. The van der Waals surface area contributed by atoms with Crippen LogP contribution in [0.3, 0.4) is 0 Å². The van der Waals surface area contributed by atoms with Crippen molar-refractivity contribution in [1.29, 1.82) is 0 Å². The molecule has 1 fully saturated rings. The first-order valence-electron chi connectivity index (χ1n) is 6.72. The number of aromatic nitrogens is 4. The minimum Gasteiger partial charge on any atom is -0.382 e. The third kappa shape index (κ3) is 3.09. The normalized spacial score (nSPS) is 14.4. The van der Waals surface area contributed by atoms with Gasteiger partial charge in [0.2, 0.25) is 0 Å². The van der Waals surface area contributed by atoms with Gasteiger partial charge in [0, 0.05) is 31.9 Å². The highest BCUT2D eigenvalue weighted by Crippen LogP contribution is 2.30. The topological polar surface area (TPSA) is 75.6 Å². The zero-order valence-corrected chi connectivity index (χ0v) is 12.6. The van der Waals surface area contributed by atoms with E-state index in [-0.39, 0.29) is 5.56 Å². The minimum absolute atomic E-state index is 0.0695. The van der Waals surface area contributed by atoms with Crippen LogP contribution in [0.5, 0.6) is 0 Å². The fourth-order valence-electron chi connectivity index (χ4n) is 2.01. The van der Waals surface area contributed by atoms with E-state index in [1.54, 1.807) is 23.3 Å². The molecule has 3 rings (SSSR count). The number of imidazole rings is 1. The van der Waals surface area contributed by atoms with Gasteiger partial charge in [0.05, 0.1) is 11.9 Å². The molecule has 0 unspecified atom stereocenters. The van der Waals surface area contributed by atoms with E-state index < -0.39 is 0 Å². The van der Waals surface area contributed by atoms with Crippen molar-refractivity contribution in [2.75, 3.05) is 11.9 Å². The second-order valence-electron chi connectivity index (χ2n) is 5.02. The van der Waals surface area contributed by atoms with Crippen molar-refractivity contribution in [2.45, 2.75) is 25.8 Å². The molecule has 2 aromatic rings. The standard InChI is InChI=1S/C13H16BrN5O/c14-12-10(15-4-3-11-16-5-6-17-11)7-18-19(13(12)20)8-9-1-2-9/h5-7,9,15H,1-4,8H2,(H,16,17). The van der Waals surface area contributed by atoms with Crippen LogP contribution in [-0.4, -0.2) is 26.3 Å². The molecule has 0 aliphatic heterocycles. The highest BCUT2D eigenvalue weighted by Gasteiger charge is 2.23. The summed E-state index contributed by atoms with van der Waals surface area (Å²) in [6, 6.07) is 0. The second-order valence-corrected chi connectivity index (χ2v) is 5.81. The van der Waals surface area contributed by atoms with Gasteiger partial charge in [0.25, 0.3) is 5.56 Å². The molecule has 0 aromatic carbocycles. The predicted octanol–water partition coefficient (Wildman–Crippen LogP) is 1.79. The SMILES string of the molecule is O=c1c(Br)c(NCCc2ncc[nH]2)cnn1CC1CC1. The molecule has 0 spiro atoms. The first kappa shape index (κ1) is 13.4. The van der Waals surface area contributed by atoms with E-state index in [2.05, 4.69) is 36.3 Å². The van der Waals surface area contributed by atoms with Gasteiger partial charge in [0.15, 0.2) is 0 Å². The Hall–Kier alpha value is -1.63. The van der Waals surface area contributed by atoms with Gasteiger partial charge in [-0.3, -0.25) is 4.79 Å². The van der Waals surface area contributed by atoms with E-state index in [0.29, 0.717) is 16.9 Å². The van der Waals surface area contributed by atoms with Crippen molar-refractivity contribution in [2.24, 2.45) is 5.92 Å². The summed E-state index contributed by atoms with van der Waals surface area (Å²) in [5.41, 5.74) is 0.661. The van der Waals surface area contributed by atoms with Gasteiger partial charge in [-0.15, -0.1) is 0 Å². The minimum atomic E-state index is -0.0695. The van der Waals surface area contributed by atoms with E-state index in [0.717, 1.165) is 24.5 Å². The summed E-state index contributed by atoms with van der Waals surface area (Å²) >= 11 is 3.36. The lowest BCUT2D eigenvalue weighted by atomic mass is 10.3. The maximum Gasteiger partial charge on any atom is 0.283 e. The number of nitrogens with zero attached hydrogens (tertiary/aromatic N) is 3. The molecule has 0 bridgehead atoms. The summed E-state index contributed by atoms with van der Waals surface area (Å²) in [7, 11) is 0. The zero-order chi connectivity index (χ0) is 13.9. The summed E-state index contributed by atoms with van der Waals surface area (Å²) in [5, 5.41) is 7.43. The maximum atomic E-state index is 12.1. The Morgan fingerprint density at radius 1 is 1.50 bits per heavy atom. The van der Waals surface area contributed by atoms with Crippen LogP contribution in [0.25, 0.3) is 0 Å². The number of aromatic amines is 1. The number of H-pyrrole nitrogens is 1. The van der Waals surface area contributed by atoms with Gasteiger partial charge in [-0.2, -0.15) is 5.10 Å². The molecule has 1 saturated carbocycles. The first-order valence-corrected chi connectivity index (χ1v) is 7.51. The predicted molar refractivity (Wildman–Crippen MR) is 79.7 cm³/mol. The van der Waals surface area contributed by atoms with E-state index in [9.17, 15) is 4.79 Å². The molecule has 0 radical (unpaired) electrons. The molecule has 20 heavy (non-hydrogen) atoms. The van der Waals surface area contributed by atoms with Crippen LogP contribution < -0.4 is 10.9 Å². The van der Waals surface area contributed by atoms with Crippen molar-refractivity contribution < 1.29 is 0 Å². The number of halogens is 1. The fraction of sp³-hybridized carbons (Fsp3) is 0.462. The van der Waals surface area contributed by atoms with Crippen molar-refractivity contribution in [3.8, 4) is 0 Å². The molecule has 2 N–H and O–H groups in total. The third-order valence-corrected chi connectivity index (χ3v) is 4.11. The van der Waals surface area contributed by atoms with Crippen LogP contribution in [0.15, 0.2) is 27.9 Å². The van der Waals surface area contributed by atoms with Crippen molar-refractivity contribution >= 4 is 21.6 Å². The van der Waals surface area contributed by atoms with Crippen LogP contribution in [0.2, 0.25) is 0 Å². The second kappa shape index (κ2) is 5.78. The van der Waals surface area contributed by atoms with Gasteiger partial charge < -0.3 is 10.3 Å². The molecular formula is C13H16BrN5O. The molecule has 2 aromatic heterocycles. The summed E-state index contributed by atoms with van der Waals surface area (Å²) in [6.07, 6.45) is 8.40. The number of rotatable bonds is 6. The summed E-state index contributed by atoms with van der Waals surface area (Å²) in [6.45, 7) is 1.42. The van der Waals surface area contributed by atoms with Crippen LogP contribution in [0.4, 0.5) is 5.69 Å². The lowest BCUT2D eigenvalue weighted by molar-refractivity contribution is 0.532. The lowest BCUT2D eigenvalue weighted by Crippen LogP contribution is -2.25. The lowest BCUT2D eigenvalue weighted by Gasteiger charge is -2.09. The Morgan fingerprint density at radius 3 is 3.05 bits per heavy atom. The highest BCUT2D eigenvalue weighted by atomic mass is 79.9. The largest absolute Gasteiger partial charge is 0.382 e. The average molecular weight is 338 g/mol. The van der Waals surface area contributed by atoms with Crippen molar-refractivity contribution in [3.63, 3.8) is 0 Å². The van der Waals surface area contributed by atoms with Crippen LogP contribution >= 0.6 is 15.9 Å². The van der Waals surface area contributed by atoms with E-state index in [1.165, 1.54) is 12.8 Å². The Morgan fingerprint density at radius 2 is 2.35 bits per heavy atom. The summed E-state index contributed by atoms with van der Waals surface area (Å²) in [4.78, 5) is 19.3. The molecule has 6 nitrogen and oxygen atoms in total. The van der Waals surface area contributed by atoms with Crippen molar-refractivity contribution in [3.05, 3.63) is 39.2 Å². The van der Waals surface area contributed by atoms with Gasteiger partial charge in [-0.25, -0.2) is 9.67 Å². The Labute approximate surface area is 124 Å². The number of anilines is 1. The molecule has 0 amide bonds. The van der Waals surface area contributed by atoms with Crippen LogP contribution in [0.1, 0.15) is 18.7 Å². The molecule has 7 heteroatoms. The molecule has 0 atom stereocenters. The van der Waals surface area contributed by atoms with E-state index in [4.69, 9.17) is 0 Å². The van der Waals surface area contributed by atoms with Gasteiger partial charge in [-0.1, -0.05) is 0 Å². The van der Waals surface area contributed by atoms with E-state index >= 15 is 0 Å². The number of hydrogen-bond donors (Lipinski definition) is 2. The Balaban J connectivity index is 1.64. The molecule has 1 aliphatic rings. The Kier molecular flexibility index (Phi) is 3.86. The summed E-state index contributed by atoms with van der Waals surface area (Å²) in [5.74, 6) is 1.55. The van der Waals surface area contributed by atoms with Gasteiger partial charge in [0.1, 0.15) is 10.3 Å². The highest BCUT2D eigenvalue weighted by molar-refractivity contribution is 9.10. The zero-order valence-electron chi connectivity index (χ0n) is 11.0. The number of nitrogens with one attached hydrogen (secondary N) is 2.